The van der Waals surface area contributed by atoms with Crippen LogP contribution in [0.15, 0.2) is 6.33 Å². The second-order valence-electron chi connectivity index (χ2n) is 3.38. The summed E-state index contributed by atoms with van der Waals surface area (Å²) in [4.78, 5) is 3.88. The Bertz CT molecular complexity index is 267. The lowest BCUT2D eigenvalue weighted by Gasteiger charge is -2.21. The van der Waals surface area contributed by atoms with Crippen molar-refractivity contribution in [2.24, 2.45) is 5.92 Å². The summed E-state index contributed by atoms with van der Waals surface area (Å²) in [5, 5.41) is 4.05. The van der Waals surface area contributed by atoms with Crippen molar-refractivity contribution in [3.63, 3.8) is 0 Å². The maximum atomic E-state index is 5.42. The molecule has 1 fully saturated rings. The highest BCUT2D eigenvalue weighted by Gasteiger charge is 2.14. The van der Waals surface area contributed by atoms with E-state index in [-0.39, 0.29) is 0 Å². The minimum atomic E-state index is 0.354. The van der Waals surface area contributed by atoms with Gasteiger partial charge in [0, 0.05) is 19.8 Å². The van der Waals surface area contributed by atoms with E-state index in [1.165, 1.54) is 0 Å². The molecule has 0 unspecified atom stereocenters. The topological polar surface area (TPSA) is 66.0 Å². The minimum absolute atomic E-state index is 0.354. The molecule has 13 heavy (non-hydrogen) atoms. The van der Waals surface area contributed by atoms with Gasteiger partial charge in [-0.2, -0.15) is 0 Å². The molecule has 1 aromatic heterocycles. The molecule has 0 aliphatic carbocycles. The molecule has 2 rings (SSSR count). The van der Waals surface area contributed by atoms with Crippen molar-refractivity contribution in [1.82, 2.24) is 14.8 Å². The van der Waals surface area contributed by atoms with E-state index in [9.17, 15) is 0 Å². The van der Waals surface area contributed by atoms with E-state index in [4.69, 9.17) is 10.5 Å². The number of ether oxygens (including phenoxy) is 1. The molecule has 72 valence electrons. The van der Waals surface area contributed by atoms with E-state index in [1.807, 2.05) is 4.68 Å². The van der Waals surface area contributed by atoms with Crippen molar-refractivity contribution in [3.05, 3.63) is 6.33 Å². The van der Waals surface area contributed by atoms with Crippen LogP contribution in [-0.4, -0.2) is 28.0 Å². The lowest BCUT2D eigenvalue weighted by Crippen LogP contribution is -2.20. The summed E-state index contributed by atoms with van der Waals surface area (Å²) in [6.07, 6.45) is 3.91. The zero-order chi connectivity index (χ0) is 9.10. The van der Waals surface area contributed by atoms with Gasteiger partial charge in [0.25, 0.3) is 0 Å². The minimum Gasteiger partial charge on any atom is -0.381 e. The van der Waals surface area contributed by atoms with E-state index < -0.39 is 0 Å². The highest BCUT2D eigenvalue weighted by molar-refractivity contribution is 5.09. The summed E-state index contributed by atoms with van der Waals surface area (Å²) >= 11 is 0. The number of hydrogen-bond donors (Lipinski definition) is 1. The predicted octanol–water partition coefficient (Wildman–Crippen LogP) is 0.287. The van der Waals surface area contributed by atoms with E-state index in [0.717, 1.165) is 32.6 Å². The molecule has 5 heteroatoms. The standard InChI is InChI=1S/C8H14N4O/c9-8-10-6-12(11-8)5-7-1-3-13-4-2-7/h6-7H,1-5H2,(H2,9,11). The Hall–Kier alpha value is -1.10. The molecule has 0 spiro atoms. The molecule has 5 nitrogen and oxygen atoms in total. The van der Waals surface area contributed by atoms with Gasteiger partial charge in [0.05, 0.1) is 0 Å². The quantitative estimate of drug-likeness (QED) is 0.713. The van der Waals surface area contributed by atoms with Gasteiger partial charge in [-0.05, 0) is 18.8 Å². The Balaban J connectivity index is 1.89. The summed E-state index contributed by atoms with van der Waals surface area (Å²) in [6.45, 7) is 2.65. The lowest BCUT2D eigenvalue weighted by molar-refractivity contribution is 0.0601. The third-order valence-electron chi connectivity index (χ3n) is 2.34. The van der Waals surface area contributed by atoms with Crippen LogP contribution in [0, 0.1) is 5.92 Å². The third-order valence-corrected chi connectivity index (χ3v) is 2.34. The predicted molar refractivity (Wildman–Crippen MR) is 48.0 cm³/mol. The molecule has 1 aliphatic rings. The van der Waals surface area contributed by atoms with Gasteiger partial charge in [-0.15, -0.1) is 5.10 Å². The Kier molecular flexibility index (Phi) is 2.44. The van der Waals surface area contributed by atoms with Gasteiger partial charge in [-0.25, -0.2) is 4.98 Å². The average Bonchev–Trinajstić information content (AvgIpc) is 2.53. The number of nitrogen functional groups attached to an aromatic ring is 1. The molecule has 1 aromatic rings. The first kappa shape index (κ1) is 8.50. The molecule has 0 radical (unpaired) electrons. The monoisotopic (exact) mass is 182 g/mol. The molecule has 0 amide bonds. The van der Waals surface area contributed by atoms with Crippen LogP contribution in [0.4, 0.5) is 5.95 Å². The van der Waals surface area contributed by atoms with Crippen molar-refractivity contribution in [2.75, 3.05) is 18.9 Å². The van der Waals surface area contributed by atoms with Gasteiger partial charge in [0.2, 0.25) is 5.95 Å². The second-order valence-corrected chi connectivity index (χ2v) is 3.38. The Morgan fingerprint density at radius 3 is 2.92 bits per heavy atom. The van der Waals surface area contributed by atoms with Crippen LogP contribution in [0.3, 0.4) is 0 Å². The van der Waals surface area contributed by atoms with Gasteiger partial charge in [-0.1, -0.05) is 0 Å². The molecule has 0 bridgehead atoms. The van der Waals surface area contributed by atoms with Gasteiger partial charge in [0.15, 0.2) is 0 Å². The number of anilines is 1. The number of nitrogens with two attached hydrogens (primary N) is 1. The summed E-state index contributed by atoms with van der Waals surface area (Å²) in [6, 6.07) is 0. The molecule has 0 atom stereocenters. The zero-order valence-corrected chi connectivity index (χ0v) is 7.52. The molecular formula is C8H14N4O. The highest BCUT2D eigenvalue weighted by atomic mass is 16.5. The van der Waals surface area contributed by atoms with Gasteiger partial charge in [-0.3, -0.25) is 4.68 Å². The Morgan fingerprint density at radius 2 is 2.31 bits per heavy atom. The SMILES string of the molecule is Nc1ncn(CC2CCOCC2)n1. The Labute approximate surface area is 76.9 Å². The maximum absolute atomic E-state index is 5.42. The maximum Gasteiger partial charge on any atom is 0.239 e. The van der Waals surface area contributed by atoms with Crippen LogP contribution in [0.2, 0.25) is 0 Å². The van der Waals surface area contributed by atoms with Gasteiger partial charge in [0.1, 0.15) is 6.33 Å². The largest absolute Gasteiger partial charge is 0.381 e. The molecular weight excluding hydrogens is 168 g/mol. The number of hydrogen-bond acceptors (Lipinski definition) is 4. The molecule has 2 heterocycles. The summed E-state index contributed by atoms with van der Waals surface area (Å²) in [5.41, 5.74) is 5.42. The normalized spacial score (nSPS) is 19.1. The second kappa shape index (κ2) is 3.74. The third kappa shape index (κ3) is 2.18. The fourth-order valence-electron chi connectivity index (χ4n) is 1.59. The highest BCUT2D eigenvalue weighted by Crippen LogP contribution is 2.16. The van der Waals surface area contributed by atoms with Crippen LogP contribution in [0.5, 0.6) is 0 Å². The van der Waals surface area contributed by atoms with Crippen molar-refractivity contribution in [2.45, 2.75) is 19.4 Å². The molecule has 0 saturated carbocycles. The van der Waals surface area contributed by atoms with Crippen molar-refractivity contribution < 1.29 is 4.74 Å². The smallest absolute Gasteiger partial charge is 0.239 e. The summed E-state index contributed by atoms with van der Waals surface area (Å²) in [5.74, 6) is 1.02. The van der Waals surface area contributed by atoms with Crippen LogP contribution >= 0.6 is 0 Å². The van der Waals surface area contributed by atoms with E-state index >= 15 is 0 Å². The fourth-order valence-corrected chi connectivity index (χ4v) is 1.59. The van der Waals surface area contributed by atoms with Gasteiger partial charge >= 0.3 is 0 Å². The van der Waals surface area contributed by atoms with Crippen molar-refractivity contribution >= 4 is 5.95 Å². The molecule has 1 aliphatic heterocycles. The number of aromatic nitrogens is 3. The summed E-state index contributed by atoms with van der Waals surface area (Å²) in [7, 11) is 0. The van der Waals surface area contributed by atoms with Crippen molar-refractivity contribution in [3.8, 4) is 0 Å². The average molecular weight is 182 g/mol. The first-order valence-corrected chi connectivity index (χ1v) is 4.57. The number of rotatable bonds is 2. The van der Waals surface area contributed by atoms with Crippen molar-refractivity contribution in [1.29, 1.82) is 0 Å². The van der Waals surface area contributed by atoms with Crippen LogP contribution in [0.25, 0.3) is 0 Å². The Morgan fingerprint density at radius 1 is 1.54 bits per heavy atom. The van der Waals surface area contributed by atoms with E-state index in [0.29, 0.717) is 11.9 Å². The first-order chi connectivity index (χ1) is 6.34. The number of nitrogens with zero attached hydrogens (tertiary/aromatic N) is 3. The first-order valence-electron chi connectivity index (χ1n) is 4.57. The zero-order valence-electron chi connectivity index (χ0n) is 7.52. The fraction of sp³-hybridized carbons (Fsp3) is 0.750. The van der Waals surface area contributed by atoms with Crippen LogP contribution in [-0.2, 0) is 11.3 Å². The molecule has 2 N–H and O–H groups in total. The van der Waals surface area contributed by atoms with Crippen LogP contribution in [0.1, 0.15) is 12.8 Å². The summed E-state index contributed by atoms with van der Waals surface area (Å²) < 4.78 is 7.08. The van der Waals surface area contributed by atoms with Crippen LogP contribution < -0.4 is 5.73 Å². The van der Waals surface area contributed by atoms with E-state index in [1.54, 1.807) is 6.33 Å². The van der Waals surface area contributed by atoms with E-state index in [2.05, 4.69) is 10.1 Å². The molecule has 1 saturated heterocycles. The van der Waals surface area contributed by atoms with Gasteiger partial charge < -0.3 is 10.5 Å². The molecule has 0 aromatic carbocycles. The lowest BCUT2D eigenvalue weighted by atomic mass is 10.0.